The maximum atomic E-state index is 12.1. The Morgan fingerprint density at radius 2 is 2.21 bits per heavy atom. The van der Waals surface area contributed by atoms with Gasteiger partial charge in [0, 0.05) is 17.6 Å². The van der Waals surface area contributed by atoms with Crippen LogP contribution in [0.5, 0.6) is 0 Å². The van der Waals surface area contributed by atoms with E-state index in [4.69, 9.17) is 0 Å². The van der Waals surface area contributed by atoms with Gasteiger partial charge in [-0.3, -0.25) is 4.79 Å². The summed E-state index contributed by atoms with van der Waals surface area (Å²) in [6.07, 6.45) is 3.29. The molecule has 14 heavy (non-hydrogen) atoms. The molecule has 1 nitrogen and oxygen atoms in total. The Bertz CT molecular complexity index is 259. The zero-order chi connectivity index (χ0) is 10.4. The fourth-order valence-electron chi connectivity index (χ4n) is 3.38. The van der Waals surface area contributed by atoms with Gasteiger partial charge in [0.05, 0.1) is 0 Å². The predicted molar refractivity (Wildman–Crippen MR) is 61.6 cm³/mol. The number of hydrogen-bond donors (Lipinski definition) is 0. The molecule has 2 bridgehead atoms. The summed E-state index contributed by atoms with van der Waals surface area (Å²) < 4.78 is 0. The first kappa shape index (κ1) is 10.5. The highest BCUT2D eigenvalue weighted by atomic mass is 32.2. The fraction of sp³-hybridized carbons (Fsp3) is 0.917. The number of fused-ring (bicyclic) bond motifs is 2. The maximum absolute atomic E-state index is 12.1. The van der Waals surface area contributed by atoms with Gasteiger partial charge < -0.3 is 0 Å². The monoisotopic (exact) mass is 212 g/mol. The summed E-state index contributed by atoms with van der Waals surface area (Å²) in [7, 11) is 0. The van der Waals surface area contributed by atoms with E-state index in [0.29, 0.717) is 11.7 Å². The lowest BCUT2D eigenvalue weighted by Crippen LogP contribution is -2.38. The van der Waals surface area contributed by atoms with E-state index in [1.54, 1.807) is 0 Å². The molecule has 0 aromatic carbocycles. The highest BCUT2D eigenvalue weighted by Crippen LogP contribution is 2.64. The van der Waals surface area contributed by atoms with E-state index < -0.39 is 0 Å². The molecule has 0 radical (unpaired) electrons. The largest absolute Gasteiger partial charge is 0.299 e. The Morgan fingerprint density at radius 3 is 2.64 bits per heavy atom. The van der Waals surface area contributed by atoms with Crippen molar-refractivity contribution in [1.82, 2.24) is 0 Å². The van der Waals surface area contributed by atoms with E-state index in [2.05, 4.69) is 20.8 Å². The van der Waals surface area contributed by atoms with E-state index in [0.717, 1.165) is 24.3 Å². The number of hydrogen-bond acceptors (Lipinski definition) is 2. The lowest BCUT2D eigenvalue weighted by Gasteiger charge is -2.36. The molecule has 0 amide bonds. The third kappa shape index (κ3) is 1.13. The molecule has 0 spiro atoms. The molecule has 80 valence electrons. The van der Waals surface area contributed by atoms with E-state index in [-0.39, 0.29) is 10.8 Å². The third-order valence-electron chi connectivity index (χ3n) is 4.69. The van der Waals surface area contributed by atoms with Gasteiger partial charge in [-0.15, -0.1) is 0 Å². The summed E-state index contributed by atoms with van der Waals surface area (Å²) in [4.78, 5) is 12.1. The lowest BCUT2D eigenvalue weighted by atomic mass is 9.70. The van der Waals surface area contributed by atoms with Crippen LogP contribution >= 0.6 is 11.8 Å². The van der Waals surface area contributed by atoms with E-state index in [1.165, 1.54) is 6.42 Å². The zero-order valence-corrected chi connectivity index (χ0v) is 10.2. The van der Waals surface area contributed by atoms with Crippen LogP contribution in [0.15, 0.2) is 0 Å². The molecule has 2 rings (SSSR count). The third-order valence-corrected chi connectivity index (χ3v) is 5.80. The first-order valence-corrected chi connectivity index (χ1v) is 6.81. The fourth-order valence-corrected chi connectivity index (χ4v) is 4.61. The minimum atomic E-state index is 0.0400. The summed E-state index contributed by atoms with van der Waals surface area (Å²) >= 11 is 1.94. The Labute approximate surface area is 91.0 Å². The maximum Gasteiger partial charge on any atom is 0.140 e. The Balaban J connectivity index is 2.25. The zero-order valence-electron chi connectivity index (χ0n) is 9.43. The molecule has 2 fully saturated rings. The Kier molecular flexibility index (Phi) is 2.45. The molecule has 2 aliphatic rings. The van der Waals surface area contributed by atoms with Crippen LogP contribution in [0.3, 0.4) is 0 Å². The highest BCUT2D eigenvalue weighted by molar-refractivity contribution is 7.99. The molecule has 0 saturated heterocycles. The predicted octanol–water partition coefficient (Wildman–Crippen LogP) is 3.13. The summed E-state index contributed by atoms with van der Waals surface area (Å²) in [5.74, 6) is 3.42. The number of ketones is 1. The first-order valence-electron chi connectivity index (χ1n) is 5.65. The van der Waals surface area contributed by atoms with Gasteiger partial charge in [0.25, 0.3) is 0 Å². The molecule has 0 aliphatic heterocycles. The van der Waals surface area contributed by atoms with Crippen LogP contribution < -0.4 is 0 Å². The summed E-state index contributed by atoms with van der Waals surface area (Å²) in [5.41, 5.74) is 0.310. The van der Waals surface area contributed by atoms with Gasteiger partial charge in [0.15, 0.2) is 0 Å². The molecular weight excluding hydrogens is 192 g/mol. The molecule has 2 atom stereocenters. The van der Waals surface area contributed by atoms with Gasteiger partial charge >= 0.3 is 0 Å². The molecule has 0 N–H and O–H groups in total. The summed E-state index contributed by atoms with van der Waals surface area (Å²) in [5, 5.41) is 0. The molecule has 0 aromatic rings. The van der Waals surface area contributed by atoms with Gasteiger partial charge in [0.1, 0.15) is 5.78 Å². The second-order valence-electron chi connectivity index (χ2n) is 5.30. The van der Waals surface area contributed by atoms with Crippen molar-refractivity contribution in [2.45, 2.75) is 40.0 Å². The summed E-state index contributed by atoms with van der Waals surface area (Å²) in [6.45, 7) is 6.80. The van der Waals surface area contributed by atoms with Crippen LogP contribution in [-0.4, -0.2) is 17.3 Å². The van der Waals surface area contributed by atoms with E-state index in [9.17, 15) is 4.79 Å². The lowest BCUT2D eigenvalue weighted by molar-refractivity contribution is -0.127. The van der Waals surface area contributed by atoms with Crippen LogP contribution in [0, 0.1) is 16.7 Å². The number of Topliss-reactive ketones (excluding diaryl/α,β-unsaturated/α-hetero) is 1. The van der Waals surface area contributed by atoms with Crippen LogP contribution in [0.1, 0.15) is 40.0 Å². The van der Waals surface area contributed by atoms with Crippen LogP contribution in [0.4, 0.5) is 0 Å². The number of carbonyl (C=O) groups excluding carboxylic acids is 1. The van der Waals surface area contributed by atoms with Crippen molar-refractivity contribution in [1.29, 1.82) is 0 Å². The van der Waals surface area contributed by atoms with Crippen molar-refractivity contribution < 1.29 is 4.79 Å². The topological polar surface area (TPSA) is 17.1 Å². The smallest absolute Gasteiger partial charge is 0.140 e. The van der Waals surface area contributed by atoms with Crippen molar-refractivity contribution >= 4 is 17.5 Å². The molecule has 2 aliphatic carbocycles. The average molecular weight is 212 g/mol. The number of carbonyl (C=O) groups is 1. The molecule has 2 heteroatoms. The van der Waals surface area contributed by atoms with Crippen molar-refractivity contribution in [3.63, 3.8) is 0 Å². The number of rotatable bonds is 3. The SMILES string of the molecule is CCSC[C@]12CC[C@H](CC1=O)C2(C)C. The van der Waals surface area contributed by atoms with Crippen LogP contribution in [0.25, 0.3) is 0 Å². The van der Waals surface area contributed by atoms with Crippen LogP contribution in [0.2, 0.25) is 0 Å². The first-order chi connectivity index (χ1) is 6.54. The van der Waals surface area contributed by atoms with Crippen molar-refractivity contribution in [3.8, 4) is 0 Å². The van der Waals surface area contributed by atoms with Gasteiger partial charge in [-0.2, -0.15) is 11.8 Å². The van der Waals surface area contributed by atoms with Gasteiger partial charge in [-0.05, 0) is 29.9 Å². The van der Waals surface area contributed by atoms with Crippen LogP contribution in [-0.2, 0) is 4.79 Å². The molecule has 0 aromatic heterocycles. The molecule has 2 saturated carbocycles. The average Bonchev–Trinajstić information content (AvgIpc) is 2.48. The highest BCUT2D eigenvalue weighted by Gasteiger charge is 2.63. The van der Waals surface area contributed by atoms with Crippen molar-refractivity contribution in [3.05, 3.63) is 0 Å². The van der Waals surface area contributed by atoms with E-state index in [1.807, 2.05) is 11.8 Å². The van der Waals surface area contributed by atoms with Gasteiger partial charge in [-0.1, -0.05) is 20.8 Å². The van der Waals surface area contributed by atoms with Crippen molar-refractivity contribution in [2.24, 2.45) is 16.7 Å². The normalized spacial score (nSPS) is 39.4. The molecular formula is C12H20OS. The molecule has 0 unspecified atom stereocenters. The van der Waals surface area contributed by atoms with E-state index >= 15 is 0 Å². The second kappa shape index (κ2) is 3.26. The minimum Gasteiger partial charge on any atom is -0.299 e. The second-order valence-corrected chi connectivity index (χ2v) is 6.58. The number of thioether (sulfide) groups is 1. The Morgan fingerprint density at radius 1 is 1.50 bits per heavy atom. The Hall–Kier alpha value is 0.0200. The van der Waals surface area contributed by atoms with Gasteiger partial charge in [0.2, 0.25) is 0 Å². The minimum absolute atomic E-state index is 0.0400. The quantitative estimate of drug-likeness (QED) is 0.715. The van der Waals surface area contributed by atoms with Gasteiger partial charge in [-0.25, -0.2) is 0 Å². The standard InChI is InChI=1S/C12H20OS/c1-4-14-8-12-6-5-9(7-10(12)13)11(12,2)3/h9H,4-8H2,1-3H3/t9-,12-/m1/s1. The molecule has 0 heterocycles. The van der Waals surface area contributed by atoms with Crippen molar-refractivity contribution in [2.75, 3.05) is 11.5 Å². The summed E-state index contributed by atoms with van der Waals surface area (Å²) in [6, 6.07) is 0.